The largest absolute Gasteiger partial charge is 0.346 e. The van der Waals surface area contributed by atoms with E-state index in [-0.39, 0.29) is 18.1 Å². The van der Waals surface area contributed by atoms with Crippen LogP contribution in [0.2, 0.25) is 5.02 Å². The number of benzene rings is 1. The Morgan fingerprint density at radius 1 is 1.26 bits per heavy atom. The van der Waals surface area contributed by atoms with Crippen molar-refractivity contribution in [2.75, 3.05) is 23.3 Å². The molecule has 1 amide bonds. The van der Waals surface area contributed by atoms with Crippen LogP contribution in [-0.4, -0.2) is 29.2 Å². The fourth-order valence-electron chi connectivity index (χ4n) is 2.01. The van der Waals surface area contributed by atoms with Gasteiger partial charge in [0.15, 0.2) is 11.5 Å². The first-order chi connectivity index (χ1) is 11.1. The monoisotopic (exact) mass is 329 g/mol. The van der Waals surface area contributed by atoms with Crippen LogP contribution >= 0.6 is 11.6 Å². The molecule has 0 saturated carbocycles. The van der Waals surface area contributed by atoms with Crippen LogP contribution < -0.4 is 10.2 Å². The van der Waals surface area contributed by atoms with Crippen LogP contribution in [0.4, 0.5) is 11.5 Å². The molecule has 2 aromatic rings. The van der Waals surface area contributed by atoms with Crippen molar-refractivity contribution < 1.29 is 4.79 Å². The van der Waals surface area contributed by atoms with Gasteiger partial charge >= 0.3 is 0 Å². The molecule has 1 aromatic heterocycles. The number of halogens is 1. The van der Waals surface area contributed by atoms with Crippen molar-refractivity contribution in [2.24, 2.45) is 0 Å². The molecule has 1 N–H and O–H groups in total. The summed E-state index contributed by atoms with van der Waals surface area (Å²) in [4.78, 5) is 14.0. The summed E-state index contributed by atoms with van der Waals surface area (Å²) < 4.78 is 0. The Balaban J connectivity index is 2.04. The molecular formula is C16H16ClN5O. The highest BCUT2D eigenvalue weighted by atomic mass is 35.5. The summed E-state index contributed by atoms with van der Waals surface area (Å²) in [5, 5.41) is 20.0. The van der Waals surface area contributed by atoms with Crippen molar-refractivity contribution in [3.05, 3.63) is 47.1 Å². The van der Waals surface area contributed by atoms with Crippen LogP contribution in [0.5, 0.6) is 0 Å². The smallest absolute Gasteiger partial charge is 0.243 e. The van der Waals surface area contributed by atoms with Gasteiger partial charge in [-0.3, -0.25) is 4.79 Å². The average molecular weight is 330 g/mol. The van der Waals surface area contributed by atoms with Gasteiger partial charge in [-0.25, -0.2) is 0 Å². The second kappa shape index (κ2) is 8.11. The molecule has 0 saturated heterocycles. The van der Waals surface area contributed by atoms with Crippen molar-refractivity contribution in [3.8, 4) is 6.07 Å². The molecule has 2 rings (SSSR count). The summed E-state index contributed by atoms with van der Waals surface area (Å²) in [6.45, 7) is 2.83. The van der Waals surface area contributed by atoms with Gasteiger partial charge in [-0.1, -0.05) is 18.5 Å². The molecule has 0 unspecified atom stereocenters. The van der Waals surface area contributed by atoms with Gasteiger partial charge in [0.2, 0.25) is 5.91 Å². The third kappa shape index (κ3) is 4.94. The minimum absolute atomic E-state index is 0.150. The maximum Gasteiger partial charge on any atom is 0.243 e. The fourth-order valence-corrected chi connectivity index (χ4v) is 2.13. The first kappa shape index (κ1) is 16.7. The van der Waals surface area contributed by atoms with Crippen molar-refractivity contribution in [2.45, 2.75) is 13.3 Å². The summed E-state index contributed by atoms with van der Waals surface area (Å²) in [7, 11) is 0. The topological polar surface area (TPSA) is 81.9 Å². The zero-order chi connectivity index (χ0) is 16.7. The zero-order valence-corrected chi connectivity index (χ0v) is 13.4. The highest BCUT2D eigenvalue weighted by Crippen LogP contribution is 2.14. The number of hydrogen-bond donors (Lipinski definition) is 1. The van der Waals surface area contributed by atoms with Crippen LogP contribution in [0.1, 0.15) is 19.0 Å². The predicted molar refractivity (Wildman–Crippen MR) is 89.3 cm³/mol. The standard InChI is InChI=1S/C16H16ClN5O/c1-2-9-22(15-8-7-14(10-18)20-21-15)11-16(23)19-13-5-3-12(17)4-6-13/h3-8H,2,9,11H2,1H3,(H,19,23). The molecule has 1 heterocycles. The highest BCUT2D eigenvalue weighted by molar-refractivity contribution is 6.30. The first-order valence-corrected chi connectivity index (χ1v) is 7.54. The van der Waals surface area contributed by atoms with E-state index in [2.05, 4.69) is 15.5 Å². The Morgan fingerprint density at radius 3 is 2.57 bits per heavy atom. The van der Waals surface area contributed by atoms with Gasteiger partial charge in [0.25, 0.3) is 0 Å². The number of amides is 1. The third-order valence-electron chi connectivity index (χ3n) is 3.04. The van der Waals surface area contributed by atoms with Crippen LogP contribution in [0.15, 0.2) is 36.4 Å². The quantitative estimate of drug-likeness (QED) is 0.881. The normalized spacial score (nSPS) is 9.96. The zero-order valence-electron chi connectivity index (χ0n) is 12.7. The van der Waals surface area contributed by atoms with Gasteiger partial charge in [0.05, 0.1) is 6.54 Å². The van der Waals surface area contributed by atoms with Crippen LogP contribution in [-0.2, 0) is 4.79 Å². The Labute approximate surface area is 139 Å². The number of anilines is 2. The lowest BCUT2D eigenvalue weighted by atomic mass is 10.3. The lowest BCUT2D eigenvalue weighted by Gasteiger charge is -2.21. The molecule has 0 aliphatic heterocycles. The van der Waals surface area contributed by atoms with E-state index in [4.69, 9.17) is 16.9 Å². The lowest BCUT2D eigenvalue weighted by molar-refractivity contribution is -0.115. The number of carbonyl (C=O) groups is 1. The average Bonchev–Trinajstić information content (AvgIpc) is 2.57. The van der Waals surface area contributed by atoms with Crippen LogP contribution in [0, 0.1) is 11.3 Å². The second-order valence-electron chi connectivity index (χ2n) is 4.87. The molecule has 23 heavy (non-hydrogen) atoms. The number of hydrogen-bond acceptors (Lipinski definition) is 5. The summed E-state index contributed by atoms with van der Waals surface area (Å²) in [5.41, 5.74) is 0.928. The molecule has 118 valence electrons. The SMILES string of the molecule is CCCN(CC(=O)Nc1ccc(Cl)cc1)c1ccc(C#N)nn1. The van der Waals surface area contributed by atoms with Crippen molar-refractivity contribution in [1.29, 1.82) is 5.26 Å². The Morgan fingerprint density at radius 2 is 2.00 bits per heavy atom. The fraction of sp³-hybridized carbons (Fsp3) is 0.250. The van der Waals surface area contributed by atoms with Gasteiger partial charge < -0.3 is 10.2 Å². The molecule has 0 radical (unpaired) electrons. The Bertz CT molecular complexity index is 694. The van der Waals surface area contributed by atoms with Crippen molar-refractivity contribution in [1.82, 2.24) is 10.2 Å². The summed E-state index contributed by atoms with van der Waals surface area (Å²) >= 11 is 5.82. The van der Waals surface area contributed by atoms with E-state index < -0.39 is 0 Å². The van der Waals surface area contributed by atoms with Crippen molar-refractivity contribution >= 4 is 29.0 Å². The molecule has 0 aliphatic rings. The number of nitrogens with one attached hydrogen (secondary N) is 1. The molecule has 0 spiro atoms. The van der Waals surface area contributed by atoms with Crippen LogP contribution in [0.3, 0.4) is 0 Å². The van der Waals surface area contributed by atoms with E-state index in [9.17, 15) is 4.79 Å². The summed E-state index contributed by atoms with van der Waals surface area (Å²) in [6.07, 6.45) is 0.857. The third-order valence-corrected chi connectivity index (χ3v) is 3.30. The minimum atomic E-state index is -0.160. The number of rotatable bonds is 6. The highest BCUT2D eigenvalue weighted by Gasteiger charge is 2.13. The predicted octanol–water partition coefficient (Wildman–Crippen LogP) is 2.86. The molecule has 1 aromatic carbocycles. The minimum Gasteiger partial charge on any atom is -0.346 e. The molecular weight excluding hydrogens is 314 g/mol. The molecule has 0 bridgehead atoms. The van der Waals surface area contributed by atoms with Gasteiger partial charge in [-0.05, 0) is 42.8 Å². The maximum absolute atomic E-state index is 12.2. The number of nitriles is 1. The molecule has 0 fully saturated rings. The second-order valence-corrected chi connectivity index (χ2v) is 5.30. The molecule has 0 atom stereocenters. The summed E-state index contributed by atoms with van der Waals surface area (Å²) in [5.74, 6) is 0.407. The van der Waals surface area contributed by atoms with E-state index in [1.165, 1.54) is 0 Å². The van der Waals surface area contributed by atoms with E-state index >= 15 is 0 Å². The van der Waals surface area contributed by atoms with Gasteiger partial charge in [-0.2, -0.15) is 5.26 Å². The molecule has 7 heteroatoms. The summed E-state index contributed by atoms with van der Waals surface area (Å²) in [6, 6.07) is 12.1. The Kier molecular flexibility index (Phi) is 5.89. The Hall–Kier alpha value is -2.65. The lowest BCUT2D eigenvalue weighted by Crippen LogP contribution is -2.34. The van der Waals surface area contributed by atoms with E-state index in [1.807, 2.05) is 17.9 Å². The number of aromatic nitrogens is 2. The van der Waals surface area contributed by atoms with Gasteiger partial charge in [-0.15, -0.1) is 10.2 Å². The van der Waals surface area contributed by atoms with Gasteiger partial charge in [0.1, 0.15) is 6.07 Å². The maximum atomic E-state index is 12.2. The first-order valence-electron chi connectivity index (χ1n) is 7.16. The van der Waals surface area contributed by atoms with Crippen LogP contribution in [0.25, 0.3) is 0 Å². The van der Waals surface area contributed by atoms with Gasteiger partial charge in [0, 0.05) is 17.3 Å². The number of nitrogens with zero attached hydrogens (tertiary/aromatic N) is 4. The number of carbonyl (C=O) groups excluding carboxylic acids is 1. The van der Waals surface area contributed by atoms with Crippen molar-refractivity contribution in [3.63, 3.8) is 0 Å². The molecule has 6 nitrogen and oxygen atoms in total. The van der Waals surface area contributed by atoms with E-state index in [0.29, 0.717) is 23.1 Å². The van der Waals surface area contributed by atoms with E-state index in [0.717, 1.165) is 6.42 Å². The van der Waals surface area contributed by atoms with E-state index in [1.54, 1.807) is 36.4 Å². The molecule has 0 aliphatic carbocycles.